The van der Waals surface area contributed by atoms with Crippen LogP contribution in [0.3, 0.4) is 0 Å². The van der Waals surface area contributed by atoms with Gasteiger partial charge in [0.1, 0.15) is 30.3 Å². The summed E-state index contributed by atoms with van der Waals surface area (Å²) in [5.74, 6) is -3.77. The highest BCUT2D eigenvalue weighted by atomic mass is 28.4. The molecule has 2 fully saturated rings. The maximum atomic E-state index is 16.0. The molecule has 2 heterocycles. The Kier molecular flexibility index (Phi) is 10.9. The zero-order chi connectivity index (χ0) is 43.8. The van der Waals surface area contributed by atoms with Crippen molar-refractivity contribution < 1.29 is 46.3 Å². The molecule has 10 nitrogen and oxygen atoms in total. The minimum Gasteiger partial charge on any atom is -0.507 e. The number of nitrogens with zero attached hydrogens (tertiary/aromatic N) is 3. The van der Waals surface area contributed by atoms with E-state index in [1.807, 2.05) is 118 Å². The summed E-state index contributed by atoms with van der Waals surface area (Å²) in [6.07, 6.45) is -4.47. The molecule has 1 saturated carbocycles. The van der Waals surface area contributed by atoms with Gasteiger partial charge in [-0.2, -0.15) is 13.2 Å². The number of ether oxygens (including phenoxy) is 2. The highest BCUT2D eigenvalue weighted by Crippen LogP contribution is 2.60. The average Bonchev–Trinajstić information content (AvgIpc) is 3.62. The molecule has 4 aliphatic rings. The van der Waals surface area contributed by atoms with E-state index in [4.69, 9.17) is 18.4 Å². The molecule has 1 aliphatic heterocycles. The lowest BCUT2D eigenvalue weighted by atomic mass is 9.56. The van der Waals surface area contributed by atoms with Gasteiger partial charge in [-0.3, -0.25) is 19.4 Å². The molecule has 0 radical (unpaired) electrons. The summed E-state index contributed by atoms with van der Waals surface area (Å²) in [6, 6.07) is 18.7. The fraction of sp³-hybridized carbons (Fsp3) is 0.468. The maximum absolute atomic E-state index is 16.0. The van der Waals surface area contributed by atoms with Crippen molar-refractivity contribution in [1.82, 2.24) is 15.0 Å². The van der Waals surface area contributed by atoms with Gasteiger partial charge in [0.05, 0.1) is 17.2 Å². The number of alkyl halides is 3. The summed E-state index contributed by atoms with van der Waals surface area (Å²) < 4.78 is 72.6. The van der Waals surface area contributed by atoms with E-state index in [1.54, 1.807) is 7.05 Å². The van der Waals surface area contributed by atoms with E-state index < -0.39 is 71.9 Å². The summed E-state index contributed by atoms with van der Waals surface area (Å²) in [7, 11) is 0.571. The zero-order valence-corrected chi connectivity index (χ0v) is 37.0. The highest BCUT2D eigenvalue weighted by Gasteiger charge is 2.69. The van der Waals surface area contributed by atoms with Crippen LogP contribution >= 0.6 is 0 Å². The van der Waals surface area contributed by atoms with Crippen molar-refractivity contribution in [1.29, 1.82) is 0 Å². The second-order valence-corrected chi connectivity index (χ2v) is 23.3. The molecule has 0 amide bonds. The number of carbonyl (C=O) groups is 2. The molecule has 3 aliphatic carbocycles. The number of aliphatic hydroxyl groups is 1. The lowest BCUT2D eigenvalue weighted by Crippen LogP contribution is -2.68. The van der Waals surface area contributed by atoms with Crippen molar-refractivity contribution in [3.05, 3.63) is 117 Å². The van der Waals surface area contributed by atoms with Crippen LogP contribution < -0.4 is 9.47 Å². The number of fused-ring (bicyclic) bond motifs is 4. The Labute approximate surface area is 355 Å². The number of carbonyl (C=O) groups excluding carboxylic acids is 2. The molecule has 61 heavy (non-hydrogen) atoms. The van der Waals surface area contributed by atoms with Crippen LogP contribution in [0, 0.1) is 11.8 Å². The van der Waals surface area contributed by atoms with Crippen molar-refractivity contribution in [2.45, 2.75) is 102 Å². The first kappa shape index (κ1) is 42.9. The van der Waals surface area contributed by atoms with Crippen LogP contribution in [-0.2, 0) is 35.0 Å². The van der Waals surface area contributed by atoms with E-state index >= 15 is 22.8 Å². The quantitative estimate of drug-likeness (QED) is 0.116. The first-order chi connectivity index (χ1) is 28.8. The molecule has 3 aromatic carbocycles. The fourth-order valence-corrected chi connectivity index (χ4v) is 11.0. The first-order valence-electron chi connectivity index (χ1n) is 21.0. The summed E-state index contributed by atoms with van der Waals surface area (Å²) in [5, 5.41) is 16.4. The molecule has 14 heteroatoms. The number of benzene rings is 3. The van der Waals surface area contributed by atoms with Crippen LogP contribution in [0.5, 0.6) is 11.6 Å². The number of Topliss-reactive ketones (excluding diaryl/α,β-unsaturated/α-hetero) is 2. The Morgan fingerprint density at radius 3 is 2.13 bits per heavy atom. The molecule has 1 aromatic heterocycles. The number of hydrogen-bond donors (Lipinski definition) is 1. The van der Waals surface area contributed by atoms with Crippen LogP contribution in [0.4, 0.5) is 13.2 Å². The first-order valence-corrected chi connectivity index (χ1v) is 23.9. The number of likely N-dealkylation sites (tertiary alicyclic amines) is 1. The van der Waals surface area contributed by atoms with Gasteiger partial charge in [-0.15, -0.1) is 0 Å². The smallest absolute Gasteiger partial charge is 0.417 e. The third kappa shape index (κ3) is 7.12. The minimum atomic E-state index is -4.80. The second kappa shape index (κ2) is 15.5. The van der Waals surface area contributed by atoms with Crippen LogP contribution in [0.15, 0.2) is 76.8 Å². The zero-order valence-electron chi connectivity index (χ0n) is 36.0. The summed E-state index contributed by atoms with van der Waals surface area (Å²) in [5.41, 5.74) is -1.82. The van der Waals surface area contributed by atoms with Gasteiger partial charge in [0.2, 0.25) is 11.6 Å². The van der Waals surface area contributed by atoms with Crippen molar-refractivity contribution in [2.75, 3.05) is 27.2 Å². The van der Waals surface area contributed by atoms with Crippen molar-refractivity contribution in [3.63, 3.8) is 0 Å². The predicted octanol–water partition coefficient (Wildman–Crippen LogP) is 9.91. The van der Waals surface area contributed by atoms with Gasteiger partial charge < -0.3 is 23.5 Å². The number of aliphatic hydroxyl groups excluding tert-OH is 1. The maximum Gasteiger partial charge on any atom is 0.417 e. The number of halogens is 3. The van der Waals surface area contributed by atoms with E-state index in [-0.39, 0.29) is 71.3 Å². The predicted molar refractivity (Wildman–Crippen MR) is 226 cm³/mol. The summed E-state index contributed by atoms with van der Waals surface area (Å²) >= 11 is 0. The van der Waals surface area contributed by atoms with Gasteiger partial charge in [0, 0.05) is 24.1 Å². The molecule has 1 saturated heterocycles. The third-order valence-electron chi connectivity index (χ3n) is 13.9. The van der Waals surface area contributed by atoms with Gasteiger partial charge in [-0.05, 0) is 97.4 Å². The SMILES string of the molecule is CCN(C)[C@@H]1c2onc(OCc3ccccc3)c2C(=O)[C@@]2(O[Si](C)(C)C(C)(C)C)C(=O)C3=C(O)c4c(OCc5ccccc5)cc(C5CCN5C)c(C(F)(F)F)c4C[C@H]3C[C@@H]12. The van der Waals surface area contributed by atoms with Gasteiger partial charge in [0.15, 0.2) is 19.7 Å². The molecule has 1 unspecified atom stereocenters. The topological polar surface area (TPSA) is 115 Å². The van der Waals surface area contributed by atoms with Crippen molar-refractivity contribution >= 4 is 25.6 Å². The molecular weight excluding hydrogens is 804 g/mol. The van der Waals surface area contributed by atoms with Crippen molar-refractivity contribution in [2.24, 2.45) is 11.8 Å². The number of aromatic nitrogens is 1. The van der Waals surface area contributed by atoms with Crippen LogP contribution in [0.25, 0.3) is 5.76 Å². The van der Waals surface area contributed by atoms with Gasteiger partial charge in [-0.25, -0.2) is 0 Å². The van der Waals surface area contributed by atoms with Crippen molar-refractivity contribution in [3.8, 4) is 11.6 Å². The van der Waals surface area contributed by atoms with E-state index in [9.17, 15) is 5.11 Å². The molecule has 1 N–H and O–H groups in total. The molecule has 0 bridgehead atoms. The minimum absolute atomic E-state index is 0.00458. The monoisotopic (exact) mass is 857 g/mol. The van der Waals surface area contributed by atoms with E-state index in [2.05, 4.69) is 5.16 Å². The van der Waals surface area contributed by atoms with Crippen LogP contribution in [0.2, 0.25) is 18.1 Å². The molecule has 8 rings (SSSR count). The Morgan fingerprint density at radius 1 is 0.967 bits per heavy atom. The summed E-state index contributed by atoms with van der Waals surface area (Å²) in [6.45, 7) is 13.0. The Morgan fingerprint density at radius 2 is 1.59 bits per heavy atom. The molecular formula is C47H54F3N3O7Si. The van der Waals surface area contributed by atoms with Crippen LogP contribution in [0.1, 0.15) is 102 Å². The highest BCUT2D eigenvalue weighted by molar-refractivity contribution is 6.74. The van der Waals surface area contributed by atoms with Gasteiger partial charge >= 0.3 is 6.18 Å². The molecule has 0 spiro atoms. The molecule has 4 aromatic rings. The lowest BCUT2D eigenvalue weighted by Gasteiger charge is -2.55. The van der Waals surface area contributed by atoms with E-state index in [0.717, 1.165) is 11.1 Å². The third-order valence-corrected chi connectivity index (χ3v) is 18.3. The van der Waals surface area contributed by atoms with Gasteiger partial charge in [-0.1, -0.05) is 88.4 Å². The summed E-state index contributed by atoms with van der Waals surface area (Å²) in [4.78, 5) is 35.4. The van der Waals surface area contributed by atoms with E-state index in [0.29, 0.717) is 19.5 Å². The largest absolute Gasteiger partial charge is 0.507 e. The normalized spacial score (nSPS) is 24.2. The van der Waals surface area contributed by atoms with E-state index in [1.165, 1.54) is 6.07 Å². The number of hydrogen-bond acceptors (Lipinski definition) is 10. The second-order valence-electron chi connectivity index (χ2n) is 18.5. The number of rotatable bonds is 11. The fourth-order valence-electron chi connectivity index (χ4n) is 9.51. The Bertz CT molecular complexity index is 2380. The Balaban J connectivity index is 1.35. The molecule has 5 atom stereocenters. The van der Waals surface area contributed by atoms with Gasteiger partial charge in [0.25, 0.3) is 5.88 Å². The number of ketones is 2. The molecule has 324 valence electrons. The standard InChI is InChI=1S/C47H54F3N3O7Si/c1-9-52(5)39-32-23-29-22-31-36(34(57-25-27-16-12-10-13-17-27)24-30(33-20-21-53(33)6)38(31)47(48,49)50)40(54)35(29)42(55)46(32,60-61(7,8)45(2,3)4)43(56)37-41(39)59-51-44(37)58-26-28-18-14-11-15-19-28/h10-19,24,29,32-33,39,54H,9,20-23,25-26H2,1-8H3/t29-,32-,33?,39-,46-/m0/s1. The van der Waals surface area contributed by atoms with Crippen LogP contribution in [-0.4, -0.2) is 72.7 Å². The average molecular weight is 858 g/mol. The lowest BCUT2D eigenvalue weighted by molar-refractivity contribution is -0.141. The Hall–Kier alpha value is -4.76.